The highest BCUT2D eigenvalue weighted by Gasteiger charge is 2.19. The van der Waals surface area contributed by atoms with E-state index in [2.05, 4.69) is 13.8 Å². The van der Waals surface area contributed by atoms with Crippen LogP contribution in [0.2, 0.25) is 0 Å². The van der Waals surface area contributed by atoms with Gasteiger partial charge in [0.05, 0.1) is 0 Å². The molecule has 0 aromatic carbocycles. The highest BCUT2D eigenvalue weighted by Crippen LogP contribution is 2.08. The first kappa shape index (κ1) is 27.4. The summed E-state index contributed by atoms with van der Waals surface area (Å²) in [5.41, 5.74) is 5.41. The number of rotatable bonds is 19. The van der Waals surface area contributed by atoms with Crippen molar-refractivity contribution in [2.24, 2.45) is 5.73 Å². The molecule has 0 aliphatic rings. The second-order valence-corrected chi connectivity index (χ2v) is 7.34. The summed E-state index contributed by atoms with van der Waals surface area (Å²) >= 11 is 0. The standard InChI is InChI=1S/C22H41NO6/c1-3-5-7-9-13-20(24)27-17-19(18-28-21(25)14-11-12-16-23)29-22(26)15-10-8-6-4-2/h19H,3-18,23H2,1-2H3. The van der Waals surface area contributed by atoms with Crippen molar-refractivity contribution < 1.29 is 28.6 Å². The van der Waals surface area contributed by atoms with Gasteiger partial charge in [0.2, 0.25) is 0 Å². The Balaban J connectivity index is 4.36. The normalized spacial score (nSPS) is 11.7. The van der Waals surface area contributed by atoms with Gasteiger partial charge in [0, 0.05) is 19.3 Å². The summed E-state index contributed by atoms with van der Waals surface area (Å²) in [6.45, 7) is 4.54. The molecular formula is C22H41NO6. The second kappa shape index (κ2) is 19.7. The van der Waals surface area contributed by atoms with E-state index in [0.29, 0.717) is 25.8 Å². The molecule has 0 aliphatic heterocycles. The van der Waals surface area contributed by atoms with Gasteiger partial charge in [-0.05, 0) is 32.2 Å². The van der Waals surface area contributed by atoms with E-state index in [1.54, 1.807) is 0 Å². The van der Waals surface area contributed by atoms with Gasteiger partial charge in [-0.25, -0.2) is 0 Å². The van der Waals surface area contributed by atoms with Crippen molar-refractivity contribution in [3.63, 3.8) is 0 Å². The van der Waals surface area contributed by atoms with Crippen molar-refractivity contribution in [2.45, 2.75) is 103 Å². The van der Waals surface area contributed by atoms with Crippen LogP contribution in [0.3, 0.4) is 0 Å². The summed E-state index contributed by atoms with van der Waals surface area (Å²) in [7, 11) is 0. The van der Waals surface area contributed by atoms with E-state index in [1.165, 1.54) is 0 Å². The molecule has 2 N–H and O–H groups in total. The van der Waals surface area contributed by atoms with E-state index < -0.39 is 6.10 Å². The first-order valence-electron chi connectivity index (χ1n) is 11.2. The molecule has 0 aliphatic carbocycles. The minimum atomic E-state index is -0.772. The maximum atomic E-state index is 12.0. The van der Waals surface area contributed by atoms with E-state index in [-0.39, 0.29) is 37.5 Å². The Hall–Kier alpha value is -1.63. The van der Waals surface area contributed by atoms with Crippen LogP contribution in [0, 0.1) is 0 Å². The molecular weight excluding hydrogens is 374 g/mol. The van der Waals surface area contributed by atoms with Gasteiger partial charge in [0.1, 0.15) is 13.2 Å². The topological polar surface area (TPSA) is 105 Å². The van der Waals surface area contributed by atoms with Crippen LogP contribution < -0.4 is 5.73 Å². The number of carbonyl (C=O) groups excluding carboxylic acids is 3. The SMILES string of the molecule is CCCCCCC(=O)OCC(COC(=O)CCCCN)OC(=O)CCCCCC. The molecule has 0 bridgehead atoms. The lowest BCUT2D eigenvalue weighted by Crippen LogP contribution is -2.30. The Morgan fingerprint density at radius 2 is 1.10 bits per heavy atom. The average molecular weight is 416 g/mol. The minimum Gasteiger partial charge on any atom is -0.462 e. The van der Waals surface area contributed by atoms with Gasteiger partial charge >= 0.3 is 17.9 Å². The van der Waals surface area contributed by atoms with Gasteiger partial charge in [-0.1, -0.05) is 52.4 Å². The predicted octanol–water partition coefficient (Wildman–Crippen LogP) is 4.05. The largest absolute Gasteiger partial charge is 0.462 e. The molecule has 0 saturated carbocycles. The lowest BCUT2D eigenvalue weighted by Gasteiger charge is -2.18. The summed E-state index contributed by atoms with van der Waals surface area (Å²) < 4.78 is 15.8. The van der Waals surface area contributed by atoms with Crippen LogP contribution in [-0.4, -0.2) is 43.8 Å². The monoisotopic (exact) mass is 415 g/mol. The summed E-state index contributed by atoms with van der Waals surface area (Å²) in [6, 6.07) is 0. The van der Waals surface area contributed by atoms with E-state index >= 15 is 0 Å². The highest BCUT2D eigenvalue weighted by molar-refractivity contribution is 5.71. The summed E-state index contributed by atoms with van der Waals surface area (Å²) in [4.78, 5) is 35.7. The molecule has 0 fully saturated rings. The molecule has 0 rings (SSSR count). The van der Waals surface area contributed by atoms with Gasteiger partial charge in [0.25, 0.3) is 0 Å². The van der Waals surface area contributed by atoms with Crippen molar-refractivity contribution in [3.8, 4) is 0 Å². The fourth-order valence-corrected chi connectivity index (χ4v) is 2.68. The van der Waals surface area contributed by atoms with E-state index in [0.717, 1.165) is 57.8 Å². The van der Waals surface area contributed by atoms with Crippen LogP contribution in [0.15, 0.2) is 0 Å². The molecule has 1 unspecified atom stereocenters. The molecule has 0 amide bonds. The first-order chi connectivity index (χ1) is 14.0. The Bertz CT molecular complexity index is 441. The summed E-state index contributed by atoms with van der Waals surface area (Å²) in [5.74, 6) is -1.04. The number of unbranched alkanes of at least 4 members (excludes halogenated alkanes) is 7. The second-order valence-electron chi connectivity index (χ2n) is 7.34. The number of hydrogen-bond donors (Lipinski definition) is 1. The van der Waals surface area contributed by atoms with E-state index in [4.69, 9.17) is 19.9 Å². The average Bonchev–Trinajstić information content (AvgIpc) is 2.70. The molecule has 1 atom stereocenters. The Labute approximate surface area is 176 Å². The number of carbonyl (C=O) groups is 3. The van der Waals surface area contributed by atoms with Crippen molar-refractivity contribution in [3.05, 3.63) is 0 Å². The Morgan fingerprint density at radius 3 is 1.55 bits per heavy atom. The fraction of sp³-hybridized carbons (Fsp3) is 0.864. The molecule has 0 aromatic rings. The van der Waals surface area contributed by atoms with E-state index in [1.807, 2.05) is 0 Å². The zero-order chi connectivity index (χ0) is 21.7. The summed E-state index contributed by atoms with van der Waals surface area (Å²) in [6.07, 6.45) is 9.42. The van der Waals surface area contributed by atoms with Gasteiger partial charge in [0.15, 0.2) is 6.10 Å². The molecule has 0 saturated heterocycles. The van der Waals surface area contributed by atoms with Crippen LogP contribution in [0.25, 0.3) is 0 Å². The van der Waals surface area contributed by atoms with E-state index in [9.17, 15) is 14.4 Å². The summed E-state index contributed by atoms with van der Waals surface area (Å²) in [5, 5.41) is 0. The third-order valence-corrected chi connectivity index (χ3v) is 4.46. The Morgan fingerprint density at radius 1 is 0.655 bits per heavy atom. The number of nitrogens with two attached hydrogens (primary N) is 1. The smallest absolute Gasteiger partial charge is 0.306 e. The molecule has 29 heavy (non-hydrogen) atoms. The predicted molar refractivity (Wildman–Crippen MR) is 112 cm³/mol. The van der Waals surface area contributed by atoms with Crippen LogP contribution in [0.4, 0.5) is 0 Å². The minimum absolute atomic E-state index is 0.0939. The fourth-order valence-electron chi connectivity index (χ4n) is 2.68. The highest BCUT2D eigenvalue weighted by atomic mass is 16.6. The zero-order valence-corrected chi connectivity index (χ0v) is 18.4. The van der Waals surface area contributed by atoms with Gasteiger partial charge in [-0.15, -0.1) is 0 Å². The lowest BCUT2D eigenvalue weighted by atomic mass is 10.1. The number of ether oxygens (including phenoxy) is 3. The number of esters is 3. The Kier molecular flexibility index (Phi) is 18.6. The van der Waals surface area contributed by atoms with Gasteiger partial charge < -0.3 is 19.9 Å². The quantitative estimate of drug-likeness (QED) is 0.193. The number of hydrogen-bond acceptors (Lipinski definition) is 7. The van der Waals surface area contributed by atoms with Gasteiger partial charge in [-0.2, -0.15) is 0 Å². The first-order valence-corrected chi connectivity index (χ1v) is 11.2. The van der Waals surface area contributed by atoms with Crippen molar-refractivity contribution in [2.75, 3.05) is 19.8 Å². The molecule has 0 heterocycles. The third kappa shape index (κ3) is 18.2. The lowest BCUT2D eigenvalue weighted by molar-refractivity contribution is -0.167. The molecule has 170 valence electrons. The van der Waals surface area contributed by atoms with Crippen LogP contribution in [0.5, 0.6) is 0 Å². The zero-order valence-electron chi connectivity index (χ0n) is 18.4. The molecule has 0 aromatic heterocycles. The maximum absolute atomic E-state index is 12.0. The van der Waals surface area contributed by atoms with Gasteiger partial charge in [-0.3, -0.25) is 14.4 Å². The molecule has 7 heteroatoms. The van der Waals surface area contributed by atoms with Crippen LogP contribution >= 0.6 is 0 Å². The van der Waals surface area contributed by atoms with Crippen molar-refractivity contribution in [1.29, 1.82) is 0 Å². The maximum Gasteiger partial charge on any atom is 0.306 e. The van der Waals surface area contributed by atoms with Crippen molar-refractivity contribution >= 4 is 17.9 Å². The van der Waals surface area contributed by atoms with Crippen LogP contribution in [-0.2, 0) is 28.6 Å². The molecule has 0 radical (unpaired) electrons. The third-order valence-electron chi connectivity index (χ3n) is 4.46. The molecule has 7 nitrogen and oxygen atoms in total. The van der Waals surface area contributed by atoms with Crippen molar-refractivity contribution in [1.82, 2.24) is 0 Å². The molecule has 0 spiro atoms. The van der Waals surface area contributed by atoms with Crippen LogP contribution in [0.1, 0.15) is 97.3 Å².